The Hall–Kier alpha value is -2.59. The van der Waals surface area contributed by atoms with Crippen molar-refractivity contribution in [3.63, 3.8) is 0 Å². The van der Waals surface area contributed by atoms with Gasteiger partial charge in [0.15, 0.2) is 6.10 Å². The fraction of sp³-hybridized carbons (Fsp3) is 0.412. The number of esters is 1. The maximum absolute atomic E-state index is 12.3. The van der Waals surface area contributed by atoms with Gasteiger partial charge in [-0.05, 0) is 19.1 Å². The Morgan fingerprint density at radius 1 is 1.30 bits per heavy atom. The van der Waals surface area contributed by atoms with Crippen molar-refractivity contribution in [1.82, 2.24) is 10.2 Å². The number of hydrogen-bond donors (Lipinski definition) is 3. The number of anilines is 1. The largest absolute Gasteiger partial charge is 0.449 e. The summed E-state index contributed by atoms with van der Waals surface area (Å²) in [6.45, 7) is 1.76. The molecule has 0 aliphatic carbocycles. The highest BCUT2D eigenvalue weighted by molar-refractivity contribution is 8.14. The van der Waals surface area contributed by atoms with Crippen LogP contribution < -0.4 is 10.6 Å². The number of aliphatic hydroxyl groups is 1. The molecule has 0 saturated carbocycles. The van der Waals surface area contributed by atoms with Crippen LogP contribution in [0.1, 0.15) is 17.3 Å². The van der Waals surface area contributed by atoms with E-state index >= 15 is 0 Å². The van der Waals surface area contributed by atoms with E-state index in [0.717, 1.165) is 16.7 Å². The zero-order chi connectivity index (χ0) is 19.8. The van der Waals surface area contributed by atoms with Gasteiger partial charge < -0.3 is 20.5 Å². The van der Waals surface area contributed by atoms with E-state index in [0.29, 0.717) is 5.69 Å². The zero-order valence-electron chi connectivity index (χ0n) is 14.8. The molecule has 1 heterocycles. The molecular weight excluding hydrogens is 374 g/mol. The Labute approximate surface area is 160 Å². The molecule has 1 aromatic carbocycles. The normalized spacial score (nSPS) is 14.8. The number of aliphatic hydroxyl groups excluding tert-OH is 1. The van der Waals surface area contributed by atoms with Crippen LogP contribution in [0.2, 0.25) is 0 Å². The summed E-state index contributed by atoms with van der Waals surface area (Å²) in [5.41, 5.74) is 0.739. The van der Waals surface area contributed by atoms with E-state index in [2.05, 4.69) is 10.6 Å². The number of imide groups is 1. The van der Waals surface area contributed by atoms with Crippen molar-refractivity contribution in [3.05, 3.63) is 29.8 Å². The topological polar surface area (TPSA) is 125 Å². The van der Waals surface area contributed by atoms with Crippen LogP contribution in [-0.2, 0) is 14.3 Å². The van der Waals surface area contributed by atoms with Gasteiger partial charge in [0.2, 0.25) is 5.91 Å². The third-order valence-corrected chi connectivity index (χ3v) is 4.56. The van der Waals surface area contributed by atoms with Gasteiger partial charge in [-0.1, -0.05) is 23.9 Å². The Kier molecular flexibility index (Phi) is 7.62. The number of carbonyl (C=O) groups excluding carboxylic acids is 4. The van der Waals surface area contributed by atoms with Crippen LogP contribution >= 0.6 is 11.8 Å². The number of rotatable bonds is 9. The fourth-order valence-corrected chi connectivity index (χ4v) is 3.07. The van der Waals surface area contributed by atoms with E-state index in [9.17, 15) is 19.2 Å². The number of benzene rings is 1. The molecule has 0 spiro atoms. The first-order valence-electron chi connectivity index (χ1n) is 8.33. The third kappa shape index (κ3) is 5.69. The van der Waals surface area contributed by atoms with E-state index in [1.54, 1.807) is 24.3 Å². The molecule has 146 valence electrons. The van der Waals surface area contributed by atoms with E-state index in [-0.39, 0.29) is 48.7 Å². The summed E-state index contributed by atoms with van der Waals surface area (Å²) < 4.78 is 5.18. The smallest absolute Gasteiger partial charge is 0.341 e. The van der Waals surface area contributed by atoms with Gasteiger partial charge in [0.25, 0.3) is 11.1 Å². The number of amides is 3. The Morgan fingerprint density at radius 3 is 2.70 bits per heavy atom. The van der Waals surface area contributed by atoms with Crippen molar-refractivity contribution in [2.45, 2.75) is 13.0 Å². The van der Waals surface area contributed by atoms with Gasteiger partial charge in [-0.3, -0.25) is 19.3 Å². The SMILES string of the molecule is C[C@@H](OC(=O)c1ccccc1NCCO)C(=O)NCCN1C(=O)CSC1=O. The van der Waals surface area contributed by atoms with Gasteiger partial charge >= 0.3 is 5.97 Å². The zero-order valence-corrected chi connectivity index (χ0v) is 15.6. The Morgan fingerprint density at radius 2 is 2.04 bits per heavy atom. The number of nitrogens with one attached hydrogen (secondary N) is 2. The lowest BCUT2D eigenvalue weighted by molar-refractivity contribution is -0.130. The predicted molar refractivity (Wildman–Crippen MR) is 99.5 cm³/mol. The molecule has 1 aliphatic heterocycles. The van der Waals surface area contributed by atoms with E-state index < -0.39 is 18.0 Å². The van der Waals surface area contributed by atoms with E-state index in [4.69, 9.17) is 9.84 Å². The molecule has 0 bridgehead atoms. The van der Waals surface area contributed by atoms with Gasteiger partial charge in [-0.15, -0.1) is 0 Å². The molecule has 1 saturated heterocycles. The van der Waals surface area contributed by atoms with E-state index in [1.165, 1.54) is 6.92 Å². The highest BCUT2D eigenvalue weighted by Crippen LogP contribution is 2.18. The van der Waals surface area contributed by atoms with Crippen molar-refractivity contribution >= 4 is 40.5 Å². The Bertz CT molecular complexity index is 710. The predicted octanol–water partition coefficient (Wildman–Crippen LogP) is 0.448. The molecule has 10 heteroatoms. The van der Waals surface area contributed by atoms with Gasteiger partial charge in [0.1, 0.15) is 0 Å². The second-order valence-corrected chi connectivity index (χ2v) is 6.56. The number of para-hydroxylation sites is 1. The standard InChI is InChI=1S/C17H21N3O6S/c1-11(15(23)19-6-8-20-14(22)10-27-17(20)25)26-16(24)12-4-2-3-5-13(12)18-7-9-21/h2-5,11,18,21H,6-10H2,1H3,(H,19,23)/t11-/m1/s1. The summed E-state index contributed by atoms with van der Waals surface area (Å²) in [5.74, 6) is -1.38. The number of carbonyl (C=O) groups is 4. The Balaban J connectivity index is 1.84. The van der Waals surface area contributed by atoms with Crippen LogP contribution in [0, 0.1) is 0 Å². The van der Waals surface area contributed by atoms with Crippen LogP contribution in [0.15, 0.2) is 24.3 Å². The quantitative estimate of drug-likeness (QED) is 0.515. The summed E-state index contributed by atoms with van der Waals surface area (Å²) in [5, 5.41) is 14.0. The van der Waals surface area contributed by atoms with Gasteiger partial charge in [-0.2, -0.15) is 0 Å². The molecule has 0 aromatic heterocycles. The summed E-state index contributed by atoms with van der Waals surface area (Å²) in [7, 11) is 0. The molecular formula is C17H21N3O6S. The molecule has 0 radical (unpaired) electrons. The average Bonchev–Trinajstić information content (AvgIpc) is 2.98. The first kappa shape index (κ1) is 20.7. The second-order valence-electron chi connectivity index (χ2n) is 5.63. The average molecular weight is 395 g/mol. The highest BCUT2D eigenvalue weighted by Gasteiger charge is 2.29. The highest BCUT2D eigenvalue weighted by atomic mass is 32.2. The lowest BCUT2D eigenvalue weighted by atomic mass is 10.1. The van der Waals surface area contributed by atoms with Crippen molar-refractivity contribution in [3.8, 4) is 0 Å². The summed E-state index contributed by atoms with van der Waals surface area (Å²) >= 11 is 0.925. The third-order valence-electron chi connectivity index (χ3n) is 3.70. The molecule has 1 atom stereocenters. The molecule has 27 heavy (non-hydrogen) atoms. The minimum absolute atomic E-state index is 0.0744. The fourth-order valence-electron chi connectivity index (χ4n) is 2.32. The monoisotopic (exact) mass is 395 g/mol. The molecule has 1 fully saturated rings. The van der Waals surface area contributed by atoms with Crippen LogP contribution in [0.3, 0.4) is 0 Å². The summed E-state index contributed by atoms with van der Waals surface area (Å²) in [6, 6.07) is 6.60. The van der Waals surface area contributed by atoms with E-state index in [1.807, 2.05) is 0 Å². The molecule has 9 nitrogen and oxygen atoms in total. The molecule has 3 N–H and O–H groups in total. The molecule has 2 rings (SSSR count). The number of ether oxygens (including phenoxy) is 1. The summed E-state index contributed by atoms with van der Waals surface area (Å²) in [4.78, 5) is 48.4. The first-order chi connectivity index (χ1) is 12.9. The molecule has 1 aromatic rings. The van der Waals surface area contributed by atoms with Crippen LogP contribution in [0.4, 0.5) is 10.5 Å². The van der Waals surface area contributed by atoms with Crippen LogP contribution in [-0.4, -0.2) is 71.1 Å². The van der Waals surface area contributed by atoms with Crippen LogP contribution in [0.25, 0.3) is 0 Å². The second kappa shape index (κ2) is 9.93. The first-order valence-corrected chi connectivity index (χ1v) is 9.32. The van der Waals surface area contributed by atoms with Crippen LogP contribution in [0.5, 0.6) is 0 Å². The van der Waals surface area contributed by atoms with Gasteiger partial charge in [-0.25, -0.2) is 4.79 Å². The lowest BCUT2D eigenvalue weighted by Gasteiger charge is -2.17. The maximum Gasteiger partial charge on any atom is 0.341 e. The number of thioether (sulfide) groups is 1. The van der Waals surface area contributed by atoms with Crippen molar-refractivity contribution < 1.29 is 29.0 Å². The molecule has 0 unspecified atom stereocenters. The summed E-state index contributed by atoms with van der Waals surface area (Å²) in [6.07, 6.45) is -1.05. The molecule has 3 amide bonds. The van der Waals surface area contributed by atoms with Crippen molar-refractivity contribution in [1.29, 1.82) is 0 Å². The van der Waals surface area contributed by atoms with Gasteiger partial charge in [0.05, 0.1) is 17.9 Å². The minimum Gasteiger partial charge on any atom is -0.449 e. The lowest BCUT2D eigenvalue weighted by Crippen LogP contribution is -2.41. The maximum atomic E-state index is 12.3. The van der Waals surface area contributed by atoms with Gasteiger partial charge in [0, 0.05) is 25.3 Å². The number of nitrogens with zero attached hydrogens (tertiary/aromatic N) is 1. The number of hydrogen-bond acceptors (Lipinski definition) is 8. The van der Waals surface area contributed by atoms with Crippen molar-refractivity contribution in [2.75, 3.05) is 37.3 Å². The molecule has 1 aliphatic rings. The van der Waals surface area contributed by atoms with Crippen molar-refractivity contribution in [2.24, 2.45) is 0 Å². The minimum atomic E-state index is -1.05.